The van der Waals surface area contributed by atoms with Crippen LogP contribution >= 0.6 is 11.3 Å². The van der Waals surface area contributed by atoms with Gasteiger partial charge >= 0.3 is 0 Å². The van der Waals surface area contributed by atoms with E-state index in [1.165, 1.54) is 11.3 Å². The quantitative estimate of drug-likeness (QED) is 0.264. The average Bonchev–Trinajstić information content (AvgIpc) is 2.50. The zero-order chi connectivity index (χ0) is 10.6. The first-order chi connectivity index (χ1) is 6.61. The predicted octanol–water partition coefficient (Wildman–Crippen LogP) is -0.835. The maximum absolute atomic E-state index is 11.1. The highest BCUT2D eigenvalue weighted by molar-refractivity contribution is 7.15. The molecule has 0 fully saturated rings. The maximum Gasteiger partial charge on any atom is 0.243 e. The lowest BCUT2D eigenvalue weighted by atomic mass is 10.4. The van der Waals surface area contributed by atoms with Gasteiger partial charge < -0.3 is 5.32 Å². The first-order valence-corrected chi connectivity index (χ1v) is 4.53. The van der Waals surface area contributed by atoms with Gasteiger partial charge in [-0.05, 0) is 6.92 Å². The SMILES string of the molecule is Cc1nnc(NC(=O)CC(=O)NN)s1. The molecule has 76 valence electrons. The van der Waals surface area contributed by atoms with Gasteiger partial charge in [0.2, 0.25) is 16.9 Å². The number of nitrogens with one attached hydrogen (secondary N) is 2. The second-order valence-electron chi connectivity index (χ2n) is 2.42. The summed E-state index contributed by atoms with van der Waals surface area (Å²) in [6, 6.07) is 0. The van der Waals surface area contributed by atoms with Crippen LogP contribution in [0.3, 0.4) is 0 Å². The van der Waals surface area contributed by atoms with Crippen molar-refractivity contribution in [3.8, 4) is 0 Å². The van der Waals surface area contributed by atoms with Gasteiger partial charge in [0.1, 0.15) is 11.4 Å². The van der Waals surface area contributed by atoms with Gasteiger partial charge in [0.05, 0.1) is 0 Å². The largest absolute Gasteiger partial charge is 0.300 e. The van der Waals surface area contributed by atoms with Crippen molar-refractivity contribution in [2.45, 2.75) is 13.3 Å². The van der Waals surface area contributed by atoms with Crippen LogP contribution in [0.5, 0.6) is 0 Å². The molecule has 0 spiro atoms. The summed E-state index contributed by atoms with van der Waals surface area (Å²) in [6.07, 6.45) is -0.324. The third kappa shape index (κ3) is 3.07. The minimum Gasteiger partial charge on any atom is -0.300 e. The van der Waals surface area contributed by atoms with Gasteiger partial charge in [-0.2, -0.15) is 0 Å². The number of carbonyl (C=O) groups excluding carboxylic acids is 2. The molecule has 0 saturated carbocycles. The van der Waals surface area contributed by atoms with E-state index in [0.717, 1.165) is 5.01 Å². The number of hydrogen-bond donors (Lipinski definition) is 3. The molecule has 14 heavy (non-hydrogen) atoms. The fraction of sp³-hybridized carbons (Fsp3) is 0.333. The van der Waals surface area contributed by atoms with Gasteiger partial charge in [-0.3, -0.25) is 15.0 Å². The molecule has 0 radical (unpaired) electrons. The minimum atomic E-state index is -0.552. The highest BCUT2D eigenvalue weighted by atomic mass is 32.1. The van der Waals surface area contributed by atoms with Crippen LogP contribution in [0.15, 0.2) is 0 Å². The molecule has 1 aromatic rings. The first kappa shape index (κ1) is 10.5. The lowest BCUT2D eigenvalue weighted by Crippen LogP contribution is -2.33. The van der Waals surface area contributed by atoms with E-state index < -0.39 is 11.8 Å². The van der Waals surface area contributed by atoms with Gasteiger partial charge in [0, 0.05) is 0 Å². The van der Waals surface area contributed by atoms with E-state index in [9.17, 15) is 9.59 Å². The molecule has 2 amide bonds. The van der Waals surface area contributed by atoms with Crippen molar-refractivity contribution in [2.24, 2.45) is 5.84 Å². The molecule has 7 nitrogen and oxygen atoms in total. The van der Waals surface area contributed by atoms with Crippen molar-refractivity contribution in [1.29, 1.82) is 0 Å². The molecular weight excluding hydrogens is 206 g/mol. The predicted molar refractivity (Wildman–Crippen MR) is 50.2 cm³/mol. The first-order valence-electron chi connectivity index (χ1n) is 3.71. The Bertz CT molecular complexity index is 350. The Morgan fingerprint density at radius 2 is 2.14 bits per heavy atom. The van der Waals surface area contributed by atoms with Gasteiger partial charge in [0.15, 0.2) is 0 Å². The Labute approximate surface area is 83.7 Å². The van der Waals surface area contributed by atoms with Crippen LogP contribution in [0.4, 0.5) is 5.13 Å². The number of hydrogen-bond acceptors (Lipinski definition) is 6. The highest BCUT2D eigenvalue weighted by Crippen LogP contribution is 2.13. The Kier molecular flexibility index (Phi) is 3.48. The molecule has 0 aromatic carbocycles. The molecule has 4 N–H and O–H groups in total. The Balaban J connectivity index is 2.45. The summed E-state index contributed by atoms with van der Waals surface area (Å²) < 4.78 is 0. The standard InChI is InChI=1S/C6H9N5O2S/c1-3-10-11-6(14-3)8-4(12)2-5(13)9-7/h2,7H2,1H3,(H,9,13)(H,8,11,12). The van der Waals surface area contributed by atoms with E-state index in [0.29, 0.717) is 5.13 Å². The van der Waals surface area contributed by atoms with E-state index in [-0.39, 0.29) is 6.42 Å². The molecule has 0 aliphatic heterocycles. The normalized spacial score (nSPS) is 9.57. The number of amides is 2. The number of nitrogens with two attached hydrogens (primary N) is 1. The third-order valence-corrected chi connectivity index (χ3v) is 2.01. The van der Waals surface area contributed by atoms with Crippen molar-refractivity contribution in [3.05, 3.63) is 5.01 Å². The fourth-order valence-electron chi connectivity index (χ4n) is 0.707. The molecule has 1 rings (SSSR count). The monoisotopic (exact) mass is 215 g/mol. The molecular formula is C6H9N5O2S. The van der Waals surface area contributed by atoms with E-state index in [4.69, 9.17) is 5.84 Å². The second kappa shape index (κ2) is 4.63. The van der Waals surface area contributed by atoms with E-state index in [1.54, 1.807) is 6.92 Å². The molecule has 0 aliphatic carbocycles. The fourth-order valence-corrected chi connectivity index (χ4v) is 1.32. The molecule has 1 aromatic heterocycles. The summed E-state index contributed by atoms with van der Waals surface area (Å²) >= 11 is 1.23. The van der Waals surface area contributed by atoms with Crippen molar-refractivity contribution >= 4 is 28.3 Å². The summed E-state index contributed by atoms with van der Waals surface area (Å²) in [7, 11) is 0. The maximum atomic E-state index is 11.1. The van der Waals surface area contributed by atoms with Gasteiger partial charge in [0.25, 0.3) is 0 Å². The number of anilines is 1. The number of hydrazine groups is 1. The smallest absolute Gasteiger partial charge is 0.243 e. The Hall–Kier alpha value is -1.54. The Morgan fingerprint density at radius 1 is 1.43 bits per heavy atom. The molecule has 1 heterocycles. The second-order valence-corrected chi connectivity index (χ2v) is 3.60. The number of aromatic nitrogens is 2. The minimum absolute atomic E-state index is 0.324. The number of nitrogens with zero attached hydrogens (tertiary/aromatic N) is 2. The zero-order valence-corrected chi connectivity index (χ0v) is 8.22. The van der Waals surface area contributed by atoms with Gasteiger partial charge in [-0.15, -0.1) is 10.2 Å². The van der Waals surface area contributed by atoms with Gasteiger partial charge in [-0.25, -0.2) is 5.84 Å². The van der Waals surface area contributed by atoms with E-state index >= 15 is 0 Å². The Morgan fingerprint density at radius 3 is 2.64 bits per heavy atom. The molecule has 0 atom stereocenters. The summed E-state index contributed by atoms with van der Waals surface area (Å²) in [5.74, 6) is 3.79. The average molecular weight is 215 g/mol. The van der Waals surface area contributed by atoms with Crippen molar-refractivity contribution < 1.29 is 9.59 Å². The van der Waals surface area contributed by atoms with Crippen LogP contribution in [-0.2, 0) is 9.59 Å². The van der Waals surface area contributed by atoms with Crippen LogP contribution in [-0.4, -0.2) is 22.0 Å². The van der Waals surface area contributed by atoms with E-state index in [1.807, 2.05) is 5.43 Å². The summed E-state index contributed by atoms with van der Waals surface area (Å²) in [4.78, 5) is 21.8. The summed E-state index contributed by atoms with van der Waals surface area (Å²) in [5.41, 5.74) is 1.85. The molecule has 8 heteroatoms. The van der Waals surface area contributed by atoms with Crippen molar-refractivity contribution in [2.75, 3.05) is 5.32 Å². The number of rotatable bonds is 3. The van der Waals surface area contributed by atoms with Crippen LogP contribution in [0, 0.1) is 6.92 Å². The van der Waals surface area contributed by atoms with Crippen LogP contribution in [0.25, 0.3) is 0 Å². The number of carbonyl (C=O) groups is 2. The molecule has 0 saturated heterocycles. The third-order valence-electron chi connectivity index (χ3n) is 1.25. The zero-order valence-electron chi connectivity index (χ0n) is 7.40. The number of aryl methyl sites for hydroxylation is 1. The topological polar surface area (TPSA) is 110 Å². The van der Waals surface area contributed by atoms with Gasteiger partial charge in [-0.1, -0.05) is 11.3 Å². The van der Waals surface area contributed by atoms with Crippen LogP contribution in [0.1, 0.15) is 11.4 Å². The van der Waals surface area contributed by atoms with Crippen LogP contribution in [0.2, 0.25) is 0 Å². The molecule has 0 bridgehead atoms. The van der Waals surface area contributed by atoms with E-state index in [2.05, 4.69) is 15.5 Å². The van der Waals surface area contributed by atoms with Crippen LogP contribution < -0.4 is 16.6 Å². The molecule has 0 unspecified atom stereocenters. The summed E-state index contributed by atoms with van der Waals surface area (Å²) in [5, 5.41) is 10.9. The molecule has 0 aliphatic rings. The summed E-state index contributed by atoms with van der Waals surface area (Å²) in [6.45, 7) is 1.76. The van der Waals surface area contributed by atoms with Crippen molar-refractivity contribution in [3.63, 3.8) is 0 Å². The lowest BCUT2D eigenvalue weighted by molar-refractivity contribution is -0.126. The van der Waals surface area contributed by atoms with Crippen molar-refractivity contribution in [1.82, 2.24) is 15.6 Å². The lowest BCUT2D eigenvalue weighted by Gasteiger charge is -1.98. The highest BCUT2D eigenvalue weighted by Gasteiger charge is 2.10.